The van der Waals surface area contributed by atoms with Crippen molar-refractivity contribution in [2.24, 2.45) is 0 Å². The minimum Gasteiger partial charge on any atom is -0.383 e. The summed E-state index contributed by atoms with van der Waals surface area (Å²) in [7, 11) is 1.64. The summed E-state index contributed by atoms with van der Waals surface area (Å²) in [6, 6.07) is 1.46. The highest BCUT2D eigenvalue weighted by Gasteiger charge is 2.06. The van der Waals surface area contributed by atoms with E-state index in [9.17, 15) is 4.79 Å². The van der Waals surface area contributed by atoms with Gasteiger partial charge in [-0.2, -0.15) is 0 Å². The summed E-state index contributed by atoms with van der Waals surface area (Å²) in [5, 5.41) is 3.14. The molecule has 0 aliphatic carbocycles. The summed E-state index contributed by atoms with van der Waals surface area (Å²) in [6.45, 7) is 3.70. The molecule has 20 heavy (non-hydrogen) atoms. The van der Waals surface area contributed by atoms with E-state index in [0.29, 0.717) is 37.0 Å². The largest absolute Gasteiger partial charge is 0.383 e. The lowest BCUT2D eigenvalue weighted by atomic mass is 10.3. The van der Waals surface area contributed by atoms with E-state index in [1.54, 1.807) is 19.5 Å². The minimum absolute atomic E-state index is 0.220. The maximum atomic E-state index is 11.6. The van der Waals surface area contributed by atoms with Crippen molar-refractivity contribution in [3.05, 3.63) is 40.1 Å². The maximum absolute atomic E-state index is 11.6. The minimum atomic E-state index is -0.220. The van der Waals surface area contributed by atoms with Gasteiger partial charge in [-0.3, -0.25) is 4.79 Å². The van der Waals surface area contributed by atoms with Crippen LogP contribution >= 0.6 is 0 Å². The van der Waals surface area contributed by atoms with Gasteiger partial charge in [0.1, 0.15) is 0 Å². The standard InChI is InChI=1S/C13H17N5O2/c1-9-6-15-12(16-7-9)13-17-10(5-11(19)18-13)8-14-3-4-20-2/h5-7,14H,3-4,8H2,1-2H3,(H,17,18,19). The number of H-pyrrole nitrogens is 1. The number of ether oxygens (including phenoxy) is 1. The van der Waals surface area contributed by atoms with Crippen LogP contribution in [0, 0.1) is 6.92 Å². The van der Waals surface area contributed by atoms with Crippen LogP contribution in [0.3, 0.4) is 0 Å². The number of methoxy groups -OCH3 is 1. The van der Waals surface area contributed by atoms with Gasteiger partial charge in [-0.15, -0.1) is 0 Å². The molecule has 0 amide bonds. The molecule has 0 bridgehead atoms. The van der Waals surface area contributed by atoms with Gasteiger partial charge in [0.15, 0.2) is 11.6 Å². The molecular weight excluding hydrogens is 258 g/mol. The van der Waals surface area contributed by atoms with E-state index in [0.717, 1.165) is 5.56 Å². The summed E-state index contributed by atoms with van der Waals surface area (Å²) in [4.78, 5) is 26.9. The molecule has 0 unspecified atom stereocenters. The predicted octanol–water partition coefficient (Wildman–Crippen LogP) is 0.271. The van der Waals surface area contributed by atoms with Crippen LogP contribution in [-0.4, -0.2) is 40.2 Å². The summed E-state index contributed by atoms with van der Waals surface area (Å²) in [5.41, 5.74) is 1.38. The van der Waals surface area contributed by atoms with Crippen LogP contribution in [-0.2, 0) is 11.3 Å². The van der Waals surface area contributed by atoms with Gasteiger partial charge in [0.25, 0.3) is 5.56 Å². The first-order valence-electron chi connectivity index (χ1n) is 6.28. The Morgan fingerprint density at radius 3 is 2.80 bits per heavy atom. The highest BCUT2D eigenvalue weighted by Crippen LogP contribution is 2.07. The molecule has 2 N–H and O–H groups in total. The molecule has 0 saturated carbocycles. The van der Waals surface area contributed by atoms with E-state index in [-0.39, 0.29) is 5.56 Å². The number of aryl methyl sites for hydroxylation is 1. The Kier molecular flexibility index (Phi) is 4.91. The molecule has 0 atom stereocenters. The van der Waals surface area contributed by atoms with Crippen molar-refractivity contribution in [1.29, 1.82) is 0 Å². The monoisotopic (exact) mass is 275 g/mol. The highest BCUT2D eigenvalue weighted by atomic mass is 16.5. The molecule has 0 radical (unpaired) electrons. The van der Waals surface area contributed by atoms with Gasteiger partial charge < -0.3 is 15.0 Å². The van der Waals surface area contributed by atoms with Crippen molar-refractivity contribution in [2.45, 2.75) is 13.5 Å². The first-order valence-corrected chi connectivity index (χ1v) is 6.28. The van der Waals surface area contributed by atoms with Crippen molar-refractivity contribution >= 4 is 0 Å². The van der Waals surface area contributed by atoms with Crippen molar-refractivity contribution in [3.63, 3.8) is 0 Å². The van der Waals surface area contributed by atoms with Gasteiger partial charge in [0.05, 0.1) is 12.3 Å². The van der Waals surface area contributed by atoms with Crippen molar-refractivity contribution < 1.29 is 4.74 Å². The molecule has 7 heteroatoms. The molecule has 106 valence electrons. The second-order valence-corrected chi connectivity index (χ2v) is 4.34. The molecule has 2 rings (SSSR count). The van der Waals surface area contributed by atoms with Crippen molar-refractivity contribution in [3.8, 4) is 11.6 Å². The van der Waals surface area contributed by atoms with E-state index in [2.05, 4.69) is 25.3 Å². The molecule has 2 heterocycles. The van der Waals surface area contributed by atoms with Crippen LogP contribution < -0.4 is 10.9 Å². The van der Waals surface area contributed by atoms with Gasteiger partial charge in [0, 0.05) is 38.7 Å². The van der Waals surface area contributed by atoms with Crippen LogP contribution in [0.4, 0.5) is 0 Å². The second kappa shape index (κ2) is 6.88. The molecule has 0 aliphatic heterocycles. The zero-order chi connectivity index (χ0) is 14.4. The first-order chi connectivity index (χ1) is 9.69. The molecule has 0 saturated heterocycles. The normalized spacial score (nSPS) is 10.7. The summed E-state index contributed by atoms with van der Waals surface area (Å²) >= 11 is 0. The Morgan fingerprint density at radius 1 is 1.35 bits per heavy atom. The van der Waals surface area contributed by atoms with E-state index >= 15 is 0 Å². The van der Waals surface area contributed by atoms with E-state index in [1.165, 1.54) is 6.07 Å². The van der Waals surface area contributed by atoms with Crippen LogP contribution in [0.5, 0.6) is 0 Å². The van der Waals surface area contributed by atoms with Crippen molar-refractivity contribution in [2.75, 3.05) is 20.3 Å². The number of hydrogen-bond acceptors (Lipinski definition) is 6. The molecule has 0 aromatic carbocycles. The van der Waals surface area contributed by atoms with Gasteiger partial charge in [-0.25, -0.2) is 15.0 Å². The predicted molar refractivity (Wildman–Crippen MR) is 74.2 cm³/mol. The smallest absolute Gasteiger partial charge is 0.251 e. The highest BCUT2D eigenvalue weighted by molar-refractivity contribution is 5.42. The number of rotatable bonds is 6. The molecule has 0 fully saturated rings. The Bertz CT molecular complexity index is 609. The van der Waals surface area contributed by atoms with Gasteiger partial charge >= 0.3 is 0 Å². The number of hydrogen-bond donors (Lipinski definition) is 2. The second-order valence-electron chi connectivity index (χ2n) is 4.34. The van der Waals surface area contributed by atoms with Gasteiger partial charge in [-0.1, -0.05) is 0 Å². The number of nitrogens with zero attached hydrogens (tertiary/aromatic N) is 3. The topological polar surface area (TPSA) is 92.8 Å². The van der Waals surface area contributed by atoms with Gasteiger partial charge in [0.2, 0.25) is 0 Å². The fourth-order valence-electron chi connectivity index (χ4n) is 1.61. The van der Waals surface area contributed by atoms with Crippen LogP contribution in [0.25, 0.3) is 11.6 Å². The maximum Gasteiger partial charge on any atom is 0.251 e. The third-order valence-electron chi connectivity index (χ3n) is 2.58. The van der Waals surface area contributed by atoms with Crippen LogP contribution in [0.1, 0.15) is 11.3 Å². The lowest BCUT2D eigenvalue weighted by molar-refractivity contribution is 0.199. The first kappa shape index (κ1) is 14.3. The fraction of sp³-hybridized carbons (Fsp3) is 0.385. The molecule has 0 aliphatic rings. The fourth-order valence-corrected chi connectivity index (χ4v) is 1.61. The Hall–Kier alpha value is -2.12. The molecular formula is C13H17N5O2. The van der Waals surface area contributed by atoms with Crippen molar-refractivity contribution in [1.82, 2.24) is 25.3 Å². The van der Waals surface area contributed by atoms with Crippen LogP contribution in [0.15, 0.2) is 23.3 Å². The van der Waals surface area contributed by atoms with E-state index in [4.69, 9.17) is 4.74 Å². The average Bonchev–Trinajstić information content (AvgIpc) is 2.44. The molecule has 2 aromatic rings. The zero-order valence-corrected chi connectivity index (χ0v) is 11.5. The Balaban J connectivity index is 2.16. The third-order valence-corrected chi connectivity index (χ3v) is 2.58. The summed E-state index contributed by atoms with van der Waals surface area (Å²) in [6.07, 6.45) is 3.37. The third kappa shape index (κ3) is 3.94. The Morgan fingerprint density at radius 2 is 2.10 bits per heavy atom. The lowest BCUT2D eigenvalue weighted by Crippen LogP contribution is -2.21. The summed E-state index contributed by atoms with van der Waals surface area (Å²) < 4.78 is 4.94. The quantitative estimate of drug-likeness (QED) is 0.735. The number of aromatic amines is 1. The SMILES string of the molecule is COCCNCc1cc(=O)[nH]c(-c2ncc(C)cn2)n1. The lowest BCUT2D eigenvalue weighted by Gasteiger charge is -2.05. The van der Waals surface area contributed by atoms with E-state index < -0.39 is 0 Å². The number of nitrogens with one attached hydrogen (secondary N) is 2. The van der Waals surface area contributed by atoms with Crippen LogP contribution in [0.2, 0.25) is 0 Å². The molecule has 7 nitrogen and oxygen atoms in total. The molecule has 0 spiro atoms. The Labute approximate surface area is 116 Å². The van der Waals surface area contributed by atoms with Gasteiger partial charge in [-0.05, 0) is 12.5 Å². The van der Waals surface area contributed by atoms with E-state index in [1.807, 2.05) is 6.92 Å². The molecule has 2 aromatic heterocycles. The zero-order valence-electron chi connectivity index (χ0n) is 11.5. The number of aromatic nitrogens is 4. The summed E-state index contributed by atoms with van der Waals surface area (Å²) in [5.74, 6) is 0.785. The average molecular weight is 275 g/mol.